The second kappa shape index (κ2) is 7.96. The standard InChI is InChI=1S/C19H27BrN4O2/c1-19(2,3)26-18(25)21-10-14-6-8-23(9-7-14)12-16-13-24-11-15(20)4-5-17(24)22-16/h4-5,11,13-14H,6-10,12H2,1-3H3,(H,21,25). The molecule has 1 amide bonds. The molecule has 0 unspecified atom stereocenters. The number of ether oxygens (including phenoxy) is 1. The van der Waals surface area contributed by atoms with Gasteiger partial charge in [0.05, 0.1) is 5.69 Å². The smallest absolute Gasteiger partial charge is 0.407 e. The summed E-state index contributed by atoms with van der Waals surface area (Å²) in [6.45, 7) is 9.24. The predicted octanol–water partition coefficient (Wildman–Crippen LogP) is 3.83. The van der Waals surface area contributed by atoms with Crippen LogP contribution in [0.4, 0.5) is 4.79 Å². The molecule has 7 heteroatoms. The molecule has 142 valence electrons. The average Bonchev–Trinajstić information content (AvgIpc) is 2.94. The molecule has 0 spiro atoms. The van der Waals surface area contributed by atoms with Crippen molar-refractivity contribution in [3.8, 4) is 0 Å². The van der Waals surface area contributed by atoms with Gasteiger partial charge in [0.2, 0.25) is 0 Å². The maximum atomic E-state index is 11.8. The first-order valence-corrected chi connectivity index (χ1v) is 9.90. The van der Waals surface area contributed by atoms with Gasteiger partial charge in [-0.3, -0.25) is 4.90 Å². The topological polar surface area (TPSA) is 58.9 Å². The Morgan fingerprint density at radius 3 is 2.73 bits per heavy atom. The van der Waals surface area contributed by atoms with Gasteiger partial charge in [-0.25, -0.2) is 9.78 Å². The zero-order valence-electron chi connectivity index (χ0n) is 15.7. The van der Waals surface area contributed by atoms with Crippen molar-refractivity contribution in [2.45, 2.75) is 45.8 Å². The maximum Gasteiger partial charge on any atom is 0.407 e. The van der Waals surface area contributed by atoms with Gasteiger partial charge in [0.15, 0.2) is 0 Å². The number of nitrogens with zero attached hydrogens (tertiary/aromatic N) is 3. The highest BCUT2D eigenvalue weighted by atomic mass is 79.9. The van der Waals surface area contributed by atoms with Crippen LogP contribution in [0.2, 0.25) is 0 Å². The van der Waals surface area contributed by atoms with Gasteiger partial charge >= 0.3 is 6.09 Å². The van der Waals surface area contributed by atoms with E-state index in [-0.39, 0.29) is 6.09 Å². The molecule has 1 aliphatic rings. The predicted molar refractivity (Wildman–Crippen MR) is 105 cm³/mol. The lowest BCUT2D eigenvalue weighted by Crippen LogP contribution is -2.40. The molecule has 0 saturated carbocycles. The van der Waals surface area contributed by atoms with Crippen molar-refractivity contribution in [2.75, 3.05) is 19.6 Å². The molecular weight excluding hydrogens is 396 g/mol. The molecule has 1 saturated heterocycles. The van der Waals surface area contributed by atoms with Crippen LogP contribution in [0.5, 0.6) is 0 Å². The molecule has 0 aliphatic carbocycles. The van der Waals surface area contributed by atoms with E-state index in [0.29, 0.717) is 12.5 Å². The molecule has 0 atom stereocenters. The highest BCUT2D eigenvalue weighted by Crippen LogP contribution is 2.19. The number of alkyl carbamates (subject to hydrolysis) is 1. The Labute approximate surface area is 163 Å². The van der Waals surface area contributed by atoms with Gasteiger partial charge in [-0.2, -0.15) is 0 Å². The number of likely N-dealkylation sites (tertiary alicyclic amines) is 1. The highest BCUT2D eigenvalue weighted by Gasteiger charge is 2.22. The first-order valence-electron chi connectivity index (χ1n) is 9.11. The summed E-state index contributed by atoms with van der Waals surface area (Å²) >= 11 is 3.49. The molecule has 0 bridgehead atoms. The number of halogens is 1. The van der Waals surface area contributed by atoms with Crippen LogP contribution in [0.1, 0.15) is 39.3 Å². The van der Waals surface area contributed by atoms with E-state index in [0.717, 1.165) is 48.3 Å². The van der Waals surface area contributed by atoms with Crippen molar-refractivity contribution in [2.24, 2.45) is 5.92 Å². The SMILES string of the molecule is CC(C)(C)OC(=O)NCC1CCN(Cc2cn3cc(Br)ccc3n2)CC1. The summed E-state index contributed by atoms with van der Waals surface area (Å²) in [6, 6.07) is 4.03. The molecule has 0 radical (unpaired) electrons. The average molecular weight is 423 g/mol. The number of amides is 1. The van der Waals surface area contributed by atoms with Gasteiger partial charge in [0.25, 0.3) is 0 Å². The molecule has 2 aromatic rings. The number of hydrogen-bond donors (Lipinski definition) is 1. The van der Waals surface area contributed by atoms with Crippen molar-refractivity contribution in [1.82, 2.24) is 19.6 Å². The van der Waals surface area contributed by atoms with E-state index in [4.69, 9.17) is 4.74 Å². The number of nitrogens with one attached hydrogen (secondary N) is 1. The van der Waals surface area contributed by atoms with E-state index < -0.39 is 5.60 Å². The summed E-state index contributed by atoms with van der Waals surface area (Å²) in [5.74, 6) is 0.510. The lowest BCUT2D eigenvalue weighted by atomic mass is 9.97. The third-order valence-electron chi connectivity index (χ3n) is 4.49. The lowest BCUT2D eigenvalue weighted by molar-refractivity contribution is 0.0509. The number of imidazole rings is 1. The summed E-state index contributed by atoms with van der Waals surface area (Å²) in [4.78, 5) is 18.9. The summed E-state index contributed by atoms with van der Waals surface area (Å²) in [6.07, 6.45) is 5.95. The van der Waals surface area contributed by atoms with Gasteiger partial charge in [-0.05, 0) is 80.7 Å². The quantitative estimate of drug-likeness (QED) is 0.812. The van der Waals surface area contributed by atoms with E-state index in [9.17, 15) is 4.79 Å². The van der Waals surface area contributed by atoms with E-state index in [2.05, 4.69) is 41.7 Å². The number of pyridine rings is 1. The van der Waals surface area contributed by atoms with Crippen LogP contribution in [0.25, 0.3) is 5.65 Å². The zero-order valence-corrected chi connectivity index (χ0v) is 17.3. The second-order valence-electron chi connectivity index (χ2n) is 7.95. The van der Waals surface area contributed by atoms with E-state index in [1.807, 2.05) is 39.1 Å². The van der Waals surface area contributed by atoms with Crippen LogP contribution in [0, 0.1) is 5.92 Å². The van der Waals surface area contributed by atoms with E-state index >= 15 is 0 Å². The fourth-order valence-electron chi connectivity index (χ4n) is 3.21. The Balaban J connectivity index is 1.44. The van der Waals surface area contributed by atoms with Crippen molar-refractivity contribution in [1.29, 1.82) is 0 Å². The Kier molecular flexibility index (Phi) is 5.87. The molecular formula is C19H27BrN4O2. The molecule has 0 aromatic carbocycles. The highest BCUT2D eigenvalue weighted by molar-refractivity contribution is 9.10. The number of rotatable bonds is 4. The van der Waals surface area contributed by atoms with Crippen LogP contribution in [-0.4, -0.2) is 45.6 Å². The minimum absolute atomic E-state index is 0.323. The summed E-state index contributed by atoms with van der Waals surface area (Å²) in [7, 11) is 0. The monoisotopic (exact) mass is 422 g/mol. The van der Waals surface area contributed by atoms with Gasteiger partial charge in [-0.15, -0.1) is 0 Å². The number of fused-ring (bicyclic) bond motifs is 1. The van der Waals surface area contributed by atoms with Gasteiger partial charge in [0.1, 0.15) is 11.2 Å². The Bertz CT molecular complexity index is 760. The van der Waals surface area contributed by atoms with E-state index in [1.54, 1.807) is 0 Å². The lowest BCUT2D eigenvalue weighted by Gasteiger charge is -2.31. The van der Waals surface area contributed by atoms with Crippen LogP contribution in [0.15, 0.2) is 29.0 Å². The molecule has 1 N–H and O–H groups in total. The number of carbonyl (C=O) groups excluding carboxylic acids is 1. The second-order valence-corrected chi connectivity index (χ2v) is 8.86. The van der Waals surface area contributed by atoms with Crippen LogP contribution in [0.3, 0.4) is 0 Å². The van der Waals surface area contributed by atoms with Gasteiger partial charge in [-0.1, -0.05) is 0 Å². The normalized spacial score (nSPS) is 16.8. The van der Waals surface area contributed by atoms with Crippen molar-refractivity contribution in [3.63, 3.8) is 0 Å². The Morgan fingerprint density at radius 1 is 1.31 bits per heavy atom. The molecule has 26 heavy (non-hydrogen) atoms. The van der Waals surface area contributed by atoms with Crippen LogP contribution < -0.4 is 5.32 Å². The summed E-state index contributed by atoms with van der Waals surface area (Å²) < 4.78 is 8.39. The first kappa shape index (κ1) is 19.2. The van der Waals surface area contributed by atoms with Gasteiger partial charge in [0, 0.05) is 30.0 Å². The number of hydrogen-bond acceptors (Lipinski definition) is 4. The Hall–Kier alpha value is -1.60. The number of aromatic nitrogens is 2. The fourth-order valence-corrected chi connectivity index (χ4v) is 3.57. The van der Waals surface area contributed by atoms with Crippen molar-refractivity contribution in [3.05, 3.63) is 34.7 Å². The minimum atomic E-state index is -0.447. The largest absolute Gasteiger partial charge is 0.444 e. The van der Waals surface area contributed by atoms with Crippen molar-refractivity contribution < 1.29 is 9.53 Å². The third-order valence-corrected chi connectivity index (χ3v) is 4.96. The van der Waals surface area contributed by atoms with Crippen LogP contribution in [-0.2, 0) is 11.3 Å². The molecule has 3 heterocycles. The van der Waals surface area contributed by atoms with Crippen molar-refractivity contribution >= 4 is 27.7 Å². The molecule has 2 aromatic heterocycles. The fraction of sp³-hybridized carbons (Fsp3) is 0.579. The summed E-state index contributed by atoms with van der Waals surface area (Å²) in [5, 5.41) is 2.90. The third kappa shape index (κ3) is 5.45. The first-order chi connectivity index (χ1) is 12.3. The van der Waals surface area contributed by atoms with Crippen LogP contribution >= 0.6 is 15.9 Å². The van der Waals surface area contributed by atoms with Gasteiger partial charge < -0.3 is 14.5 Å². The number of carbonyl (C=O) groups is 1. The Morgan fingerprint density at radius 2 is 2.04 bits per heavy atom. The van der Waals surface area contributed by atoms with E-state index in [1.165, 1.54) is 0 Å². The zero-order chi connectivity index (χ0) is 18.7. The maximum absolute atomic E-state index is 11.8. The summed E-state index contributed by atoms with van der Waals surface area (Å²) in [5.41, 5.74) is 1.62. The molecule has 6 nitrogen and oxygen atoms in total. The minimum Gasteiger partial charge on any atom is -0.444 e. The molecule has 1 aliphatic heterocycles. The molecule has 1 fully saturated rings. The molecule has 3 rings (SSSR count). The number of piperidine rings is 1.